The first kappa shape index (κ1) is 39.0. The maximum absolute atomic E-state index is 15.8. The van der Waals surface area contributed by atoms with Gasteiger partial charge in [-0.3, -0.25) is 9.59 Å². The number of benzene rings is 1. The normalized spacial score (nSPS) is 23.3. The van der Waals surface area contributed by atoms with Gasteiger partial charge in [-0.1, -0.05) is 38.3 Å². The van der Waals surface area contributed by atoms with E-state index in [1.54, 1.807) is 34.6 Å². The minimum absolute atomic E-state index is 0.0240. The number of aliphatic imine (C=N–C) groups is 1. The lowest BCUT2D eigenvalue weighted by Crippen LogP contribution is -2.49. The number of aromatic nitrogens is 2. The third-order valence-corrected chi connectivity index (χ3v) is 11.7. The van der Waals surface area contributed by atoms with Gasteiger partial charge in [-0.2, -0.15) is 13.2 Å². The summed E-state index contributed by atoms with van der Waals surface area (Å²) in [4.78, 5) is 52.9. The largest absolute Gasteiger partial charge is 0.480 e. The minimum atomic E-state index is -4.59. The molecular weight excluding hydrogens is 703 g/mol. The van der Waals surface area contributed by atoms with Crippen molar-refractivity contribution in [3.8, 4) is 5.88 Å². The number of carbonyl (C=O) groups excluding carboxylic acids is 2. The van der Waals surface area contributed by atoms with Crippen LogP contribution in [-0.4, -0.2) is 87.7 Å². The van der Waals surface area contributed by atoms with Gasteiger partial charge < -0.3 is 24.6 Å². The van der Waals surface area contributed by atoms with Crippen LogP contribution in [0.4, 0.5) is 28.0 Å². The Bertz CT molecular complexity index is 1670. The number of anilines is 1. The summed E-state index contributed by atoms with van der Waals surface area (Å²) in [6, 6.07) is 4.48. The van der Waals surface area contributed by atoms with Gasteiger partial charge in [-0.25, -0.2) is 29.0 Å². The molecule has 1 aliphatic heterocycles. The van der Waals surface area contributed by atoms with Crippen molar-refractivity contribution >= 4 is 48.7 Å². The number of thioether (sulfide) groups is 1. The first-order valence-electron chi connectivity index (χ1n) is 15.6. The SMILES string of the molecule is CC(C)(C)OC(=O)N(COCC[Si](C)(C)C)C1=N[C@](C)(c2cc(NC(=O)c3cnc(OCC(F)(F)F)cn3)ccc2F)C2(C)C[C@]2(C(=O)O)S1. The average Bonchev–Trinajstić information content (AvgIpc) is 3.63. The number of amides is 2. The molecule has 12 nitrogen and oxygen atoms in total. The number of hydrogen-bond donors (Lipinski definition) is 2. The van der Waals surface area contributed by atoms with Crippen LogP contribution in [0.3, 0.4) is 0 Å². The van der Waals surface area contributed by atoms with E-state index < -0.39 is 71.8 Å². The Morgan fingerprint density at radius 1 is 1.10 bits per heavy atom. The van der Waals surface area contributed by atoms with Crippen LogP contribution < -0.4 is 10.1 Å². The summed E-state index contributed by atoms with van der Waals surface area (Å²) in [7, 11) is -1.49. The molecule has 2 aromatic rings. The Morgan fingerprint density at radius 2 is 1.78 bits per heavy atom. The number of ether oxygens (including phenoxy) is 3. The molecule has 4 rings (SSSR count). The molecule has 274 valence electrons. The lowest BCUT2D eigenvalue weighted by molar-refractivity contribution is -0.154. The molecule has 2 aliphatic rings. The van der Waals surface area contributed by atoms with Crippen molar-refractivity contribution in [1.29, 1.82) is 0 Å². The van der Waals surface area contributed by atoms with Crippen molar-refractivity contribution in [3.05, 3.63) is 47.7 Å². The quantitative estimate of drug-likeness (QED) is 0.108. The summed E-state index contributed by atoms with van der Waals surface area (Å²) in [6.45, 7) is 13.3. The number of alkyl halides is 3. The smallest absolute Gasteiger partial charge is 0.422 e. The van der Waals surface area contributed by atoms with Crippen LogP contribution in [0.2, 0.25) is 25.7 Å². The van der Waals surface area contributed by atoms with Crippen molar-refractivity contribution in [2.45, 2.75) is 88.8 Å². The number of amidine groups is 1. The maximum atomic E-state index is 15.8. The Hall–Kier alpha value is -3.77. The minimum Gasteiger partial charge on any atom is -0.480 e. The first-order valence-corrected chi connectivity index (χ1v) is 20.2. The fourth-order valence-corrected chi connectivity index (χ4v) is 7.77. The molecule has 2 N–H and O–H groups in total. The lowest BCUT2D eigenvalue weighted by atomic mass is 9.76. The summed E-state index contributed by atoms with van der Waals surface area (Å²) in [5.41, 5.74) is -3.85. The zero-order valence-corrected chi connectivity index (χ0v) is 30.8. The predicted molar refractivity (Wildman–Crippen MR) is 180 cm³/mol. The van der Waals surface area contributed by atoms with Crippen LogP contribution >= 0.6 is 11.8 Å². The fraction of sp³-hybridized carbons (Fsp3) is 0.562. The van der Waals surface area contributed by atoms with E-state index in [0.717, 1.165) is 41.2 Å². The topological polar surface area (TPSA) is 153 Å². The highest BCUT2D eigenvalue weighted by Gasteiger charge is 2.80. The van der Waals surface area contributed by atoms with Crippen LogP contribution in [0, 0.1) is 11.2 Å². The Labute approximate surface area is 292 Å². The highest BCUT2D eigenvalue weighted by molar-refractivity contribution is 8.16. The molecule has 1 aliphatic carbocycles. The van der Waals surface area contributed by atoms with Crippen molar-refractivity contribution < 1.29 is 51.3 Å². The molecule has 0 bridgehead atoms. The van der Waals surface area contributed by atoms with Crippen LogP contribution in [0.25, 0.3) is 0 Å². The number of carboxylic acid groups (broad SMARTS) is 1. The van der Waals surface area contributed by atoms with Crippen molar-refractivity contribution in [2.24, 2.45) is 10.4 Å². The van der Waals surface area contributed by atoms with Crippen molar-refractivity contribution in [2.75, 3.05) is 25.3 Å². The van der Waals surface area contributed by atoms with E-state index in [0.29, 0.717) is 6.61 Å². The molecule has 1 unspecified atom stereocenters. The van der Waals surface area contributed by atoms with Gasteiger partial charge in [0.15, 0.2) is 11.8 Å². The second kappa shape index (κ2) is 13.7. The average molecular weight is 744 g/mol. The standard InChI is InChI=1S/C32H41F4N5O7SSi/c1-28(2,3)48-27(45)41(18-46-11-12-50(6,7)8)26-40-30(5,29(4)16-31(29,49-26)25(43)44)20-13-19(9-10-21(20)33)39-24(42)22-14-38-23(15-37-22)47-17-32(34,35)36/h9-10,13-15H,11-12,16-18H2,1-8H3,(H,39,42)(H,43,44)/t29?,30-,31-/m1/s1. The summed E-state index contributed by atoms with van der Waals surface area (Å²) in [5.74, 6) is -3.16. The Kier molecular flexibility index (Phi) is 10.7. The van der Waals surface area contributed by atoms with Crippen molar-refractivity contribution in [1.82, 2.24) is 14.9 Å². The molecule has 0 saturated heterocycles. The lowest BCUT2D eigenvalue weighted by Gasteiger charge is -2.42. The van der Waals surface area contributed by atoms with Gasteiger partial charge in [-0.15, -0.1) is 0 Å². The number of carbonyl (C=O) groups is 3. The summed E-state index contributed by atoms with van der Waals surface area (Å²) in [6.07, 6.45) is -3.55. The van der Waals surface area contributed by atoms with Gasteiger partial charge in [0, 0.05) is 31.3 Å². The number of aliphatic carboxylic acids is 1. The Balaban J connectivity index is 1.69. The molecular formula is C32H41F4N5O7SSi. The number of nitrogens with zero attached hydrogens (tertiary/aromatic N) is 4. The predicted octanol–water partition coefficient (Wildman–Crippen LogP) is 6.91. The molecule has 3 atom stereocenters. The third-order valence-electron chi connectivity index (χ3n) is 8.43. The van der Waals surface area contributed by atoms with Crippen LogP contribution in [0.1, 0.15) is 57.1 Å². The molecule has 2 amide bonds. The molecule has 1 aromatic heterocycles. The molecule has 0 spiro atoms. The third kappa shape index (κ3) is 8.57. The number of nitrogens with one attached hydrogen (secondary N) is 1. The van der Waals surface area contributed by atoms with Crippen LogP contribution in [-0.2, 0) is 19.8 Å². The zero-order valence-electron chi connectivity index (χ0n) is 29.0. The maximum Gasteiger partial charge on any atom is 0.422 e. The highest BCUT2D eigenvalue weighted by atomic mass is 32.2. The highest BCUT2D eigenvalue weighted by Crippen LogP contribution is 2.75. The second-order valence-electron chi connectivity index (χ2n) is 14.8. The number of hydrogen-bond acceptors (Lipinski definition) is 10. The molecule has 2 heterocycles. The summed E-state index contributed by atoms with van der Waals surface area (Å²) < 4.78 is 67.7. The number of carboxylic acids is 1. The number of halogens is 4. The van der Waals surface area contributed by atoms with Gasteiger partial charge in [0.2, 0.25) is 5.88 Å². The van der Waals surface area contributed by atoms with Gasteiger partial charge in [0.25, 0.3) is 5.91 Å². The van der Waals surface area contributed by atoms with E-state index in [1.807, 2.05) is 0 Å². The van der Waals surface area contributed by atoms with E-state index in [-0.39, 0.29) is 35.3 Å². The Morgan fingerprint density at radius 3 is 2.34 bits per heavy atom. The van der Waals surface area contributed by atoms with Crippen LogP contribution in [0.5, 0.6) is 5.88 Å². The van der Waals surface area contributed by atoms with E-state index in [2.05, 4.69) is 39.7 Å². The van der Waals surface area contributed by atoms with Gasteiger partial charge in [-0.05, 0) is 58.4 Å². The molecule has 0 radical (unpaired) electrons. The van der Waals surface area contributed by atoms with E-state index in [9.17, 15) is 32.7 Å². The summed E-state index contributed by atoms with van der Waals surface area (Å²) >= 11 is 0.886. The molecule has 18 heteroatoms. The molecule has 1 aromatic carbocycles. The number of fused-ring (bicyclic) bond motifs is 1. The number of rotatable bonds is 11. The van der Waals surface area contributed by atoms with E-state index >= 15 is 4.39 Å². The zero-order chi connectivity index (χ0) is 37.5. The van der Waals surface area contributed by atoms with Gasteiger partial charge >= 0.3 is 18.2 Å². The fourth-order valence-electron chi connectivity index (χ4n) is 5.36. The van der Waals surface area contributed by atoms with Crippen molar-refractivity contribution in [3.63, 3.8) is 0 Å². The molecule has 1 fully saturated rings. The monoisotopic (exact) mass is 743 g/mol. The molecule has 1 saturated carbocycles. The van der Waals surface area contributed by atoms with Gasteiger partial charge in [0.1, 0.15) is 28.6 Å². The summed E-state index contributed by atoms with van der Waals surface area (Å²) in [5, 5.41) is 13.0. The van der Waals surface area contributed by atoms with Gasteiger partial charge in [0.05, 0.1) is 17.9 Å². The molecule has 50 heavy (non-hydrogen) atoms. The first-order chi connectivity index (χ1) is 22.9. The van der Waals surface area contributed by atoms with E-state index in [4.69, 9.17) is 14.5 Å². The van der Waals surface area contributed by atoms with Crippen LogP contribution in [0.15, 0.2) is 35.6 Å². The van der Waals surface area contributed by atoms with E-state index in [1.165, 1.54) is 12.1 Å². The second-order valence-corrected chi connectivity index (χ2v) is 21.6.